The minimum absolute atomic E-state index is 0.646. The zero-order valence-electron chi connectivity index (χ0n) is 6.34. The van der Waals surface area contributed by atoms with E-state index in [4.69, 9.17) is 5.73 Å². The lowest BCUT2D eigenvalue weighted by molar-refractivity contribution is 0.467. The molecule has 1 unspecified atom stereocenters. The van der Waals surface area contributed by atoms with E-state index in [1.54, 1.807) is 0 Å². The van der Waals surface area contributed by atoms with Crippen molar-refractivity contribution in [2.24, 2.45) is 11.7 Å². The first kappa shape index (κ1) is 6.62. The molecule has 2 aliphatic rings. The fourth-order valence-corrected chi connectivity index (χ4v) is 1.45. The summed E-state index contributed by atoms with van der Waals surface area (Å²) in [5.74, 6) is 0.922. The summed E-state index contributed by atoms with van der Waals surface area (Å²) in [5.41, 5.74) is 5.63. The van der Waals surface area contributed by atoms with Crippen molar-refractivity contribution in [1.82, 2.24) is 5.32 Å². The highest BCUT2D eigenvalue weighted by atomic mass is 15.0. The molecule has 0 aromatic carbocycles. The van der Waals surface area contributed by atoms with Crippen molar-refractivity contribution >= 4 is 0 Å². The van der Waals surface area contributed by atoms with E-state index in [2.05, 4.69) is 5.32 Å². The van der Waals surface area contributed by atoms with E-state index in [-0.39, 0.29) is 0 Å². The third-order valence-corrected chi connectivity index (χ3v) is 2.47. The van der Waals surface area contributed by atoms with Crippen LogP contribution in [-0.2, 0) is 0 Å². The van der Waals surface area contributed by atoms with Crippen LogP contribution in [0.5, 0.6) is 0 Å². The van der Waals surface area contributed by atoms with Crippen molar-refractivity contribution in [3.05, 3.63) is 0 Å². The molecule has 2 nitrogen and oxygen atoms in total. The van der Waals surface area contributed by atoms with Crippen LogP contribution >= 0.6 is 0 Å². The fourth-order valence-electron chi connectivity index (χ4n) is 1.45. The summed E-state index contributed by atoms with van der Waals surface area (Å²) >= 11 is 0. The van der Waals surface area contributed by atoms with Crippen molar-refractivity contribution in [3.63, 3.8) is 0 Å². The number of rotatable bonds is 4. The Hall–Kier alpha value is -0.0800. The first-order valence-corrected chi connectivity index (χ1v) is 4.36. The summed E-state index contributed by atoms with van der Waals surface area (Å²) in [6.45, 7) is 0.834. The van der Waals surface area contributed by atoms with Crippen LogP contribution in [0.4, 0.5) is 0 Å². The second-order valence-electron chi connectivity index (χ2n) is 3.62. The Bertz CT molecular complexity index is 116. The number of nitrogens with one attached hydrogen (secondary N) is 1. The molecule has 1 atom stereocenters. The highest BCUT2D eigenvalue weighted by Gasteiger charge is 2.33. The molecule has 2 aliphatic carbocycles. The summed E-state index contributed by atoms with van der Waals surface area (Å²) in [6.07, 6.45) is 5.57. The van der Waals surface area contributed by atoms with Crippen LogP contribution in [0.25, 0.3) is 0 Å². The van der Waals surface area contributed by atoms with Crippen LogP contribution < -0.4 is 11.1 Å². The second-order valence-corrected chi connectivity index (χ2v) is 3.62. The lowest BCUT2D eigenvalue weighted by atomic mass is 10.2. The second kappa shape index (κ2) is 2.51. The average molecular weight is 140 g/mol. The van der Waals surface area contributed by atoms with Crippen molar-refractivity contribution in [1.29, 1.82) is 0 Å². The van der Waals surface area contributed by atoms with Crippen molar-refractivity contribution < 1.29 is 0 Å². The average Bonchev–Trinajstić information content (AvgIpc) is 2.76. The van der Waals surface area contributed by atoms with Gasteiger partial charge in [0.05, 0.1) is 0 Å². The molecular weight excluding hydrogens is 124 g/mol. The molecule has 0 aromatic rings. The van der Waals surface area contributed by atoms with Crippen LogP contribution in [0.15, 0.2) is 0 Å². The lowest BCUT2D eigenvalue weighted by Crippen LogP contribution is -2.39. The Labute approximate surface area is 62.2 Å². The number of hydrogen-bond acceptors (Lipinski definition) is 2. The van der Waals surface area contributed by atoms with Gasteiger partial charge in [-0.25, -0.2) is 0 Å². The molecule has 0 bridgehead atoms. The maximum atomic E-state index is 5.63. The molecule has 0 saturated heterocycles. The molecule has 3 N–H and O–H groups in total. The van der Waals surface area contributed by atoms with Gasteiger partial charge in [0.2, 0.25) is 0 Å². The molecular formula is C8H16N2. The Morgan fingerprint density at radius 3 is 2.40 bits per heavy atom. The standard InChI is InChI=1S/C8H16N2/c9-5-8(6-1-2-6)10-7-3-4-7/h6-8,10H,1-5,9H2. The smallest absolute Gasteiger partial charge is 0.0221 e. The highest BCUT2D eigenvalue weighted by molar-refractivity contribution is 4.92. The molecule has 2 fully saturated rings. The number of hydrogen-bond donors (Lipinski definition) is 2. The summed E-state index contributed by atoms with van der Waals surface area (Å²) in [6, 6.07) is 1.47. The lowest BCUT2D eigenvalue weighted by Gasteiger charge is -2.14. The van der Waals surface area contributed by atoms with E-state index in [9.17, 15) is 0 Å². The third kappa shape index (κ3) is 1.50. The van der Waals surface area contributed by atoms with E-state index >= 15 is 0 Å². The summed E-state index contributed by atoms with van der Waals surface area (Å²) in [4.78, 5) is 0. The van der Waals surface area contributed by atoms with Gasteiger partial charge in [0.15, 0.2) is 0 Å². The van der Waals surface area contributed by atoms with Crippen molar-refractivity contribution in [3.8, 4) is 0 Å². The molecule has 0 aliphatic heterocycles. The molecule has 0 radical (unpaired) electrons. The van der Waals surface area contributed by atoms with Crippen molar-refractivity contribution in [2.75, 3.05) is 6.54 Å². The summed E-state index contributed by atoms with van der Waals surface area (Å²) < 4.78 is 0. The van der Waals surface area contributed by atoms with Crippen LogP contribution in [0, 0.1) is 5.92 Å². The van der Waals surface area contributed by atoms with Gasteiger partial charge in [0.25, 0.3) is 0 Å². The van der Waals surface area contributed by atoms with Crippen LogP contribution in [0.1, 0.15) is 25.7 Å². The Morgan fingerprint density at radius 1 is 1.30 bits per heavy atom. The third-order valence-electron chi connectivity index (χ3n) is 2.47. The van der Waals surface area contributed by atoms with Gasteiger partial charge < -0.3 is 11.1 Å². The number of nitrogens with two attached hydrogens (primary N) is 1. The molecule has 58 valence electrons. The monoisotopic (exact) mass is 140 g/mol. The van der Waals surface area contributed by atoms with Gasteiger partial charge in [0, 0.05) is 18.6 Å². The first-order chi connectivity index (χ1) is 4.90. The summed E-state index contributed by atoms with van der Waals surface area (Å²) in [7, 11) is 0. The molecule has 2 rings (SSSR count). The van der Waals surface area contributed by atoms with Gasteiger partial charge in [0.1, 0.15) is 0 Å². The molecule has 0 spiro atoms. The molecule has 2 heteroatoms. The Morgan fingerprint density at radius 2 is 2.00 bits per heavy atom. The molecule has 0 heterocycles. The maximum absolute atomic E-state index is 5.63. The topological polar surface area (TPSA) is 38.0 Å². The first-order valence-electron chi connectivity index (χ1n) is 4.36. The minimum Gasteiger partial charge on any atom is -0.329 e. The van der Waals surface area contributed by atoms with Crippen LogP contribution in [-0.4, -0.2) is 18.6 Å². The zero-order chi connectivity index (χ0) is 6.97. The predicted octanol–water partition coefficient (Wildman–Crippen LogP) is 0.476. The largest absolute Gasteiger partial charge is 0.329 e. The zero-order valence-corrected chi connectivity index (χ0v) is 6.34. The van der Waals surface area contributed by atoms with E-state index < -0.39 is 0 Å². The predicted molar refractivity (Wildman–Crippen MR) is 41.7 cm³/mol. The SMILES string of the molecule is NCC(NC1CC1)C1CC1. The van der Waals surface area contributed by atoms with Gasteiger partial charge in [-0.15, -0.1) is 0 Å². The molecule has 2 saturated carbocycles. The van der Waals surface area contributed by atoms with Gasteiger partial charge in [-0.2, -0.15) is 0 Å². The van der Waals surface area contributed by atoms with Crippen LogP contribution in [0.2, 0.25) is 0 Å². The van der Waals surface area contributed by atoms with Gasteiger partial charge in [-0.05, 0) is 31.6 Å². The molecule has 10 heavy (non-hydrogen) atoms. The molecule has 0 amide bonds. The maximum Gasteiger partial charge on any atom is 0.0221 e. The minimum atomic E-state index is 0.646. The van der Waals surface area contributed by atoms with E-state index in [0.29, 0.717) is 6.04 Å². The quantitative estimate of drug-likeness (QED) is 0.596. The van der Waals surface area contributed by atoms with E-state index in [1.165, 1.54) is 25.7 Å². The fraction of sp³-hybridized carbons (Fsp3) is 1.00. The van der Waals surface area contributed by atoms with E-state index in [0.717, 1.165) is 18.5 Å². The van der Waals surface area contributed by atoms with Crippen LogP contribution in [0.3, 0.4) is 0 Å². The normalized spacial score (nSPS) is 28.5. The van der Waals surface area contributed by atoms with Crippen molar-refractivity contribution in [2.45, 2.75) is 37.8 Å². The molecule has 0 aromatic heterocycles. The summed E-state index contributed by atoms with van der Waals surface area (Å²) in [5, 5.41) is 3.58. The Balaban J connectivity index is 1.73. The highest BCUT2D eigenvalue weighted by Crippen LogP contribution is 2.33. The van der Waals surface area contributed by atoms with Gasteiger partial charge in [-0.1, -0.05) is 0 Å². The van der Waals surface area contributed by atoms with Gasteiger partial charge >= 0.3 is 0 Å². The Kier molecular flexibility index (Phi) is 1.66. The van der Waals surface area contributed by atoms with E-state index in [1.807, 2.05) is 0 Å². The van der Waals surface area contributed by atoms with Gasteiger partial charge in [-0.3, -0.25) is 0 Å².